The van der Waals surface area contributed by atoms with E-state index in [0.717, 1.165) is 17.0 Å². The van der Waals surface area contributed by atoms with E-state index >= 15 is 0 Å². The number of aromatic nitrogens is 1. The average molecular weight is 368 g/mol. The Kier molecular flexibility index (Phi) is 5.71. The van der Waals surface area contributed by atoms with Gasteiger partial charge in [-0.25, -0.2) is 4.98 Å². The molecule has 0 spiro atoms. The van der Waals surface area contributed by atoms with Crippen LogP contribution in [0.3, 0.4) is 0 Å². The highest BCUT2D eigenvalue weighted by molar-refractivity contribution is 6.30. The van der Waals surface area contributed by atoms with E-state index < -0.39 is 0 Å². The van der Waals surface area contributed by atoms with Crippen LogP contribution in [0.15, 0.2) is 66.9 Å². The van der Waals surface area contributed by atoms with Crippen molar-refractivity contribution in [2.45, 2.75) is 6.54 Å². The van der Waals surface area contributed by atoms with Gasteiger partial charge in [0.2, 0.25) is 0 Å². The maximum Gasteiger partial charge on any atom is 0.256 e. The third kappa shape index (κ3) is 4.52. The SMILES string of the molecule is COc1ccccc1CNc1ccc(NC(=O)c2ccc(Cl)cc2)nc1. The summed E-state index contributed by atoms with van der Waals surface area (Å²) in [6.07, 6.45) is 1.67. The summed E-state index contributed by atoms with van der Waals surface area (Å²) in [5.41, 5.74) is 2.42. The minimum atomic E-state index is -0.233. The fourth-order valence-corrected chi connectivity index (χ4v) is 2.53. The van der Waals surface area contributed by atoms with Gasteiger partial charge in [-0.2, -0.15) is 0 Å². The van der Waals surface area contributed by atoms with Crippen molar-refractivity contribution >= 4 is 29.0 Å². The topological polar surface area (TPSA) is 63.2 Å². The van der Waals surface area contributed by atoms with Crippen LogP contribution in [-0.2, 0) is 6.54 Å². The summed E-state index contributed by atoms with van der Waals surface area (Å²) in [7, 11) is 1.65. The number of anilines is 2. The molecule has 0 fully saturated rings. The van der Waals surface area contributed by atoms with Gasteiger partial charge in [-0.1, -0.05) is 29.8 Å². The van der Waals surface area contributed by atoms with Crippen molar-refractivity contribution in [2.75, 3.05) is 17.7 Å². The fraction of sp³-hybridized carbons (Fsp3) is 0.100. The third-order valence-electron chi connectivity index (χ3n) is 3.79. The lowest BCUT2D eigenvalue weighted by atomic mass is 10.2. The van der Waals surface area contributed by atoms with Crippen molar-refractivity contribution in [3.8, 4) is 5.75 Å². The summed E-state index contributed by atoms with van der Waals surface area (Å²) in [5.74, 6) is 1.08. The number of amides is 1. The van der Waals surface area contributed by atoms with Gasteiger partial charge >= 0.3 is 0 Å². The normalized spacial score (nSPS) is 10.2. The zero-order valence-electron chi connectivity index (χ0n) is 14.2. The Bertz CT molecular complexity index is 880. The number of carbonyl (C=O) groups is 1. The number of methoxy groups -OCH3 is 1. The molecule has 0 aliphatic heterocycles. The van der Waals surface area contributed by atoms with E-state index in [1.807, 2.05) is 30.3 Å². The second kappa shape index (κ2) is 8.36. The van der Waals surface area contributed by atoms with Gasteiger partial charge in [0.05, 0.1) is 19.0 Å². The number of nitrogens with zero attached hydrogens (tertiary/aromatic N) is 1. The van der Waals surface area contributed by atoms with Crippen molar-refractivity contribution in [3.05, 3.63) is 83.0 Å². The first kappa shape index (κ1) is 17.8. The quantitative estimate of drug-likeness (QED) is 0.668. The highest BCUT2D eigenvalue weighted by atomic mass is 35.5. The smallest absolute Gasteiger partial charge is 0.256 e. The molecular formula is C20H18ClN3O2. The van der Waals surface area contributed by atoms with E-state index in [0.29, 0.717) is 22.9 Å². The molecule has 0 radical (unpaired) electrons. The molecule has 3 aromatic rings. The molecule has 2 aromatic carbocycles. The molecule has 132 valence electrons. The maximum atomic E-state index is 12.2. The third-order valence-corrected chi connectivity index (χ3v) is 4.04. The molecule has 0 saturated heterocycles. The van der Waals surface area contributed by atoms with Crippen LogP contribution in [0.25, 0.3) is 0 Å². The zero-order valence-corrected chi connectivity index (χ0v) is 15.0. The molecule has 0 unspecified atom stereocenters. The number of nitrogens with one attached hydrogen (secondary N) is 2. The van der Waals surface area contributed by atoms with Crippen molar-refractivity contribution in [1.82, 2.24) is 4.98 Å². The number of rotatable bonds is 6. The number of ether oxygens (including phenoxy) is 1. The summed E-state index contributed by atoms with van der Waals surface area (Å²) in [6, 6.07) is 18.1. The number of pyridine rings is 1. The largest absolute Gasteiger partial charge is 0.496 e. The van der Waals surface area contributed by atoms with E-state index in [-0.39, 0.29) is 5.91 Å². The summed E-state index contributed by atoms with van der Waals surface area (Å²) in [6.45, 7) is 0.613. The second-order valence-electron chi connectivity index (χ2n) is 5.56. The van der Waals surface area contributed by atoms with Crippen LogP contribution in [0.5, 0.6) is 5.75 Å². The molecule has 5 nitrogen and oxygen atoms in total. The molecule has 26 heavy (non-hydrogen) atoms. The Morgan fingerprint density at radius 2 is 1.85 bits per heavy atom. The zero-order chi connectivity index (χ0) is 18.4. The Morgan fingerprint density at radius 1 is 1.08 bits per heavy atom. The van der Waals surface area contributed by atoms with Gasteiger partial charge in [-0.15, -0.1) is 0 Å². The molecule has 1 amide bonds. The summed E-state index contributed by atoms with van der Waals surface area (Å²) < 4.78 is 5.33. The molecule has 0 aliphatic rings. The number of hydrogen-bond acceptors (Lipinski definition) is 4. The van der Waals surface area contributed by atoms with Gasteiger partial charge in [-0.05, 0) is 42.5 Å². The number of carbonyl (C=O) groups excluding carboxylic acids is 1. The van der Waals surface area contributed by atoms with Crippen LogP contribution in [0.4, 0.5) is 11.5 Å². The monoisotopic (exact) mass is 367 g/mol. The van der Waals surface area contributed by atoms with Crippen LogP contribution in [-0.4, -0.2) is 18.0 Å². The summed E-state index contributed by atoms with van der Waals surface area (Å²) in [5, 5.41) is 6.63. The number of hydrogen-bond donors (Lipinski definition) is 2. The van der Waals surface area contributed by atoms with Crippen LogP contribution < -0.4 is 15.4 Å². The van der Waals surface area contributed by atoms with Crippen molar-refractivity contribution in [3.63, 3.8) is 0 Å². The van der Waals surface area contributed by atoms with E-state index in [9.17, 15) is 4.79 Å². The summed E-state index contributed by atoms with van der Waals surface area (Å²) >= 11 is 5.83. The molecule has 0 saturated carbocycles. The van der Waals surface area contributed by atoms with Crippen molar-refractivity contribution < 1.29 is 9.53 Å². The van der Waals surface area contributed by atoms with Gasteiger partial charge in [0, 0.05) is 22.7 Å². The van der Waals surface area contributed by atoms with Crippen LogP contribution in [0.2, 0.25) is 5.02 Å². The minimum Gasteiger partial charge on any atom is -0.496 e. The maximum absolute atomic E-state index is 12.2. The molecule has 1 aromatic heterocycles. The number of benzene rings is 2. The Hall–Kier alpha value is -3.05. The Balaban J connectivity index is 1.59. The Morgan fingerprint density at radius 3 is 2.54 bits per heavy atom. The van der Waals surface area contributed by atoms with Gasteiger partial charge in [0.25, 0.3) is 5.91 Å². The molecule has 0 atom stereocenters. The van der Waals surface area contributed by atoms with E-state index in [1.54, 1.807) is 43.6 Å². The fourth-order valence-electron chi connectivity index (χ4n) is 2.41. The minimum absolute atomic E-state index is 0.233. The molecular weight excluding hydrogens is 350 g/mol. The number of halogens is 1. The van der Waals surface area contributed by atoms with Crippen LogP contribution >= 0.6 is 11.6 Å². The Labute approximate surface area is 157 Å². The molecule has 0 bridgehead atoms. The lowest BCUT2D eigenvalue weighted by Gasteiger charge is -2.11. The van der Waals surface area contributed by atoms with Crippen LogP contribution in [0.1, 0.15) is 15.9 Å². The predicted octanol–water partition coefficient (Wildman–Crippen LogP) is 4.61. The molecule has 3 rings (SSSR count). The van der Waals surface area contributed by atoms with Crippen molar-refractivity contribution in [2.24, 2.45) is 0 Å². The standard InChI is InChI=1S/C20H18ClN3O2/c1-26-18-5-3-2-4-15(18)12-22-17-10-11-19(23-13-17)24-20(25)14-6-8-16(21)9-7-14/h2-11,13,22H,12H2,1H3,(H,23,24,25). The average Bonchev–Trinajstić information content (AvgIpc) is 2.68. The lowest BCUT2D eigenvalue weighted by Crippen LogP contribution is -2.12. The molecule has 6 heteroatoms. The molecule has 2 N–H and O–H groups in total. The first-order valence-electron chi connectivity index (χ1n) is 8.04. The van der Waals surface area contributed by atoms with Gasteiger partial charge in [0.1, 0.15) is 11.6 Å². The van der Waals surface area contributed by atoms with Gasteiger partial charge in [-0.3, -0.25) is 4.79 Å². The van der Waals surface area contributed by atoms with Gasteiger partial charge in [0.15, 0.2) is 0 Å². The highest BCUT2D eigenvalue weighted by Gasteiger charge is 2.07. The highest BCUT2D eigenvalue weighted by Crippen LogP contribution is 2.19. The lowest BCUT2D eigenvalue weighted by molar-refractivity contribution is 0.102. The van der Waals surface area contributed by atoms with E-state index in [1.165, 1.54) is 0 Å². The first-order valence-corrected chi connectivity index (χ1v) is 8.42. The summed E-state index contributed by atoms with van der Waals surface area (Å²) in [4.78, 5) is 16.4. The molecule has 0 aliphatic carbocycles. The van der Waals surface area contributed by atoms with E-state index in [4.69, 9.17) is 16.3 Å². The predicted molar refractivity (Wildman–Crippen MR) is 104 cm³/mol. The van der Waals surface area contributed by atoms with Crippen molar-refractivity contribution in [1.29, 1.82) is 0 Å². The van der Waals surface area contributed by atoms with E-state index in [2.05, 4.69) is 15.6 Å². The second-order valence-corrected chi connectivity index (χ2v) is 5.99. The van der Waals surface area contributed by atoms with Gasteiger partial charge < -0.3 is 15.4 Å². The number of para-hydroxylation sites is 1. The molecule has 1 heterocycles. The van der Waals surface area contributed by atoms with Crippen LogP contribution in [0, 0.1) is 0 Å². The first-order chi connectivity index (χ1) is 12.7.